The Morgan fingerprint density at radius 1 is 1.22 bits per heavy atom. The van der Waals surface area contributed by atoms with Crippen LogP contribution in [0.3, 0.4) is 0 Å². The molecule has 1 amide bonds. The number of pyridine rings is 2. The van der Waals surface area contributed by atoms with Crippen LogP contribution >= 0.6 is 0 Å². The number of halogens is 1. The van der Waals surface area contributed by atoms with Gasteiger partial charge in [0.2, 0.25) is 0 Å². The number of anilines is 1. The lowest BCUT2D eigenvalue weighted by Crippen LogP contribution is -2.14. The number of carbonyl (C=O) groups is 1. The first-order chi connectivity index (χ1) is 15.4. The lowest BCUT2D eigenvalue weighted by Gasteiger charge is -2.19. The molecule has 0 bridgehead atoms. The summed E-state index contributed by atoms with van der Waals surface area (Å²) in [6, 6.07) is 7.72. The molecular weight excluding hydrogens is 415 g/mol. The van der Waals surface area contributed by atoms with Gasteiger partial charge in [-0.15, -0.1) is 0 Å². The maximum absolute atomic E-state index is 14.1. The van der Waals surface area contributed by atoms with Gasteiger partial charge < -0.3 is 16.2 Å². The zero-order valence-corrected chi connectivity index (χ0v) is 16.8. The van der Waals surface area contributed by atoms with Gasteiger partial charge in [0.25, 0.3) is 5.91 Å². The molecular formula is C21H17FN8O2. The van der Waals surface area contributed by atoms with Crippen molar-refractivity contribution < 1.29 is 13.9 Å². The van der Waals surface area contributed by atoms with Crippen LogP contribution in [0, 0.1) is 5.82 Å². The third kappa shape index (κ3) is 3.25. The Morgan fingerprint density at radius 3 is 2.81 bits per heavy atom. The van der Waals surface area contributed by atoms with E-state index in [1.807, 2.05) is 6.07 Å². The lowest BCUT2D eigenvalue weighted by atomic mass is 10.1. The molecule has 4 aromatic heterocycles. The van der Waals surface area contributed by atoms with E-state index in [1.54, 1.807) is 42.3 Å². The van der Waals surface area contributed by atoms with Crippen molar-refractivity contribution in [3.63, 3.8) is 0 Å². The van der Waals surface area contributed by atoms with Crippen LogP contribution in [0.1, 0.15) is 29.1 Å². The van der Waals surface area contributed by atoms with Crippen molar-refractivity contribution in [3.8, 4) is 11.4 Å². The molecule has 0 radical (unpaired) electrons. The Balaban J connectivity index is 1.57. The number of nitrogens with zero attached hydrogens (tertiary/aromatic N) is 5. The van der Waals surface area contributed by atoms with Crippen molar-refractivity contribution in [1.82, 2.24) is 29.9 Å². The van der Waals surface area contributed by atoms with E-state index in [2.05, 4.69) is 25.3 Å². The number of hydrogen-bond donors (Lipinski definition) is 3. The number of aromatic nitrogens is 6. The average Bonchev–Trinajstić information content (AvgIpc) is 3.44. The molecule has 11 heteroatoms. The highest BCUT2D eigenvalue weighted by atomic mass is 19.1. The van der Waals surface area contributed by atoms with Crippen molar-refractivity contribution in [2.45, 2.75) is 13.0 Å². The molecule has 5 N–H and O–H groups in total. The van der Waals surface area contributed by atoms with Gasteiger partial charge in [0.1, 0.15) is 17.6 Å². The number of aromatic amines is 1. The van der Waals surface area contributed by atoms with Gasteiger partial charge >= 0.3 is 0 Å². The van der Waals surface area contributed by atoms with Crippen molar-refractivity contribution in [2.75, 3.05) is 5.73 Å². The number of benzene rings is 1. The summed E-state index contributed by atoms with van der Waals surface area (Å²) in [7, 11) is 0. The summed E-state index contributed by atoms with van der Waals surface area (Å²) in [6.45, 7) is 1.81. The van der Waals surface area contributed by atoms with E-state index in [-0.39, 0.29) is 22.6 Å². The fraction of sp³-hybridized carbons (Fsp3) is 0.0952. The summed E-state index contributed by atoms with van der Waals surface area (Å²) >= 11 is 0. The molecule has 32 heavy (non-hydrogen) atoms. The number of primary amides is 1. The molecule has 5 rings (SSSR count). The second-order valence-corrected chi connectivity index (χ2v) is 7.17. The molecule has 1 atom stereocenters. The molecule has 10 nitrogen and oxygen atoms in total. The first-order valence-electron chi connectivity index (χ1n) is 9.61. The monoisotopic (exact) mass is 432 g/mol. The van der Waals surface area contributed by atoms with E-state index in [4.69, 9.17) is 16.2 Å². The van der Waals surface area contributed by atoms with Crippen molar-refractivity contribution >= 4 is 33.7 Å². The van der Waals surface area contributed by atoms with Gasteiger partial charge in [0, 0.05) is 29.2 Å². The largest absolute Gasteiger partial charge is 0.480 e. The number of ether oxygens (including phenoxy) is 1. The van der Waals surface area contributed by atoms with Crippen LogP contribution in [0.25, 0.3) is 27.6 Å². The van der Waals surface area contributed by atoms with Crippen LogP contribution in [0.4, 0.5) is 10.2 Å². The molecule has 0 spiro atoms. The zero-order valence-electron chi connectivity index (χ0n) is 16.8. The fourth-order valence-corrected chi connectivity index (χ4v) is 3.50. The first-order valence-corrected chi connectivity index (χ1v) is 9.61. The van der Waals surface area contributed by atoms with Crippen molar-refractivity contribution in [2.24, 2.45) is 5.73 Å². The summed E-state index contributed by atoms with van der Waals surface area (Å²) in [5, 5.41) is 12.4. The van der Waals surface area contributed by atoms with Crippen LogP contribution in [-0.4, -0.2) is 35.9 Å². The molecule has 4 heterocycles. The molecule has 0 saturated heterocycles. The topological polar surface area (TPSA) is 151 Å². The van der Waals surface area contributed by atoms with E-state index in [1.165, 1.54) is 6.07 Å². The smallest absolute Gasteiger partial charge is 0.251 e. The summed E-state index contributed by atoms with van der Waals surface area (Å²) < 4.78 is 21.9. The minimum absolute atomic E-state index is 0.0684. The molecule has 160 valence electrons. The summed E-state index contributed by atoms with van der Waals surface area (Å²) in [4.78, 5) is 20.4. The molecule has 0 aliphatic rings. The second kappa shape index (κ2) is 7.30. The van der Waals surface area contributed by atoms with Gasteiger partial charge in [-0.3, -0.25) is 9.89 Å². The first kappa shape index (κ1) is 19.4. The van der Waals surface area contributed by atoms with Gasteiger partial charge in [0.15, 0.2) is 17.2 Å². The molecule has 0 aliphatic heterocycles. The van der Waals surface area contributed by atoms with Crippen molar-refractivity contribution in [3.05, 3.63) is 66.0 Å². The Bertz CT molecular complexity index is 1480. The average molecular weight is 432 g/mol. The van der Waals surface area contributed by atoms with Gasteiger partial charge in [0.05, 0.1) is 23.0 Å². The number of rotatable bonds is 5. The number of amides is 1. The highest BCUT2D eigenvalue weighted by molar-refractivity contribution is 5.97. The minimum Gasteiger partial charge on any atom is -0.480 e. The predicted octanol–water partition coefficient (Wildman–Crippen LogP) is 2.65. The molecule has 1 aromatic carbocycles. The SMILES string of the molecule is C[C@H](Oc1cc2cc(C(N)=O)c(F)cc2nc1N)c1nc2[nH]ncc2cc1-n1cccn1. The molecule has 5 aromatic rings. The van der Waals surface area contributed by atoms with Crippen LogP contribution in [0.2, 0.25) is 0 Å². The Labute approximate surface area is 180 Å². The third-order valence-corrected chi connectivity index (χ3v) is 5.04. The van der Waals surface area contributed by atoms with E-state index in [9.17, 15) is 9.18 Å². The zero-order chi connectivity index (χ0) is 22.4. The standard InChI is InChI=1S/C21H17FN8O2/c1-10(18-16(30-4-2-3-26-30)6-12-9-25-29-21(12)28-18)32-17-7-11-5-13(20(24)31)14(22)8-15(11)27-19(17)23/h2-10H,1H3,(H2,23,27)(H2,24,31)(H,25,28,29)/t10-/m0/s1. The third-order valence-electron chi connectivity index (χ3n) is 5.04. The van der Waals surface area contributed by atoms with Gasteiger partial charge in [-0.2, -0.15) is 10.2 Å². The normalized spacial score (nSPS) is 12.3. The predicted molar refractivity (Wildman–Crippen MR) is 115 cm³/mol. The highest BCUT2D eigenvalue weighted by Gasteiger charge is 2.20. The number of nitrogens with one attached hydrogen (secondary N) is 1. The number of fused-ring (bicyclic) bond motifs is 2. The summed E-state index contributed by atoms with van der Waals surface area (Å²) in [6.07, 6.45) is 4.56. The number of carbonyl (C=O) groups excluding carboxylic acids is 1. The minimum atomic E-state index is -0.877. The van der Waals surface area contributed by atoms with E-state index in [0.29, 0.717) is 22.4 Å². The summed E-state index contributed by atoms with van der Waals surface area (Å²) in [5.74, 6) is -1.32. The van der Waals surface area contributed by atoms with E-state index in [0.717, 1.165) is 11.5 Å². The Hall–Kier alpha value is -4.54. The molecule has 0 fully saturated rings. The van der Waals surface area contributed by atoms with E-state index >= 15 is 0 Å². The quantitative estimate of drug-likeness (QED) is 0.386. The number of nitrogens with two attached hydrogens (primary N) is 2. The Morgan fingerprint density at radius 2 is 2.06 bits per heavy atom. The van der Waals surface area contributed by atoms with Crippen LogP contribution in [-0.2, 0) is 0 Å². The number of hydrogen-bond acceptors (Lipinski definition) is 7. The second-order valence-electron chi connectivity index (χ2n) is 7.17. The molecule has 0 unspecified atom stereocenters. The van der Waals surface area contributed by atoms with Crippen LogP contribution in [0.5, 0.6) is 5.75 Å². The maximum atomic E-state index is 14.1. The fourth-order valence-electron chi connectivity index (χ4n) is 3.50. The highest BCUT2D eigenvalue weighted by Crippen LogP contribution is 2.32. The van der Waals surface area contributed by atoms with Crippen LogP contribution < -0.4 is 16.2 Å². The summed E-state index contributed by atoms with van der Waals surface area (Å²) in [5.41, 5.74) is 13.2. The molecule has 0 saturated carbocycles. The van der Waals surface area contributed by atoms with Crippen molar-refractivity contribution in [1.29, 1.82) is 0 Å². The Kier molecular flexibility index (Phi) is 4.43. The van der Waals surface area contributed by atoms with E-state index < -0.39 is 17.8 Å². The number of H-pyrrole nitrogens is 1. The number of nitrogen functional groups attached to an aromatic ring is 1. The van der Waals surface area contributed by atoms with Crippen LogP contribution in [0.15, 0.2) is 48.9 Å². The lowest BCUT2D eigenvalue weighted by molar-refractivity contribution is 0.0996. The van der Waals surface area contributed by atoms with Gasteiger partial charge in [-0.1, -0.05) is 0 Å². The van der Waals surface area contributed by atoms with Gasteiger partial charge in [-0.05, 0) is 31.2 Å². The van der Waals surface area contributed by atoms with Gasteiger partial charge in [-0.25, -0.2) is 19.0 Å². The maximum Gasteiger partial charge on any atom is 0.251 e. The molecule has 0 aliphatic carbocycles.